The predicted octanol–water partition coefficient (Wildman–Crippen LogP) is 0.594. The summed E-state index contributed by atoms with van der Waals surface area (Å²) < 4.78 is 17.2. The summed E-state index contributed by atoms with van der Waals surface area (Å²) in [6, 6.07) is 5.43. The number of methoxy groups -OCH3 is 2. The molecule has 8 heteroatoms. The van der Waals surface area contributed by atoms with E-state index in [0.29, 0.717) is 43.6 Å². The molecular formula is C13H19N5O3. The Morgan fingerprint density at radius 2 is 2.05 bits per heavy atom. The molecule has 0 atom stereocenters. The SMILES string of the molecule is COCCOCCn1nnnc1-c1ccc(N)c(OC)c1. The Hall–Kier alpha value is -2.19. The van der Waals surface area contributed by atoms with Crippen molar-refractivity contribution < 1.29 is 14.2 Å². The van der Waals surface area contributed by atoms with Crippen LogP contribution in [0.2, 0.25) is 0 Å². The first kappa shape index (κ1) is 15.2. The van der Waals surface area contributed by atoms with Gasteiger partial charge in [-0.2, -0.15) is 0 Å². The summed E-state index contributed by atoms with van der Waals surface area (Å²) in [6.45, 7) is 2.17. The highest BCUT2D eigenvalue weighted by molar-refractivity contribution is 5.65. The number of nitrogen functional groups attached to an aromatic ring is 1. The van der Waals surface area contributed by atoms with Crippen LogP contribution in [0, 0.1) is 0 Å². The molecule has 0 bridgehead atoms. The molecule has 0 unspecified atom stereocenters. The summed E-state index contributed by atoms with van der Waals surface area (Å²) >= 11 is 0. The number of ether oxygens (including phenoxy) is 3. The molecule has 0 radical (unpaired) electrons. The zero-order valence-corrected chi connectivity index (χ0v) is 12.2. The van der Waals surface area contributed by atoms with Crippen LogP contribution < -0.4 is 10.5 Å². The lowest BCUT2D eigenvalue weighted by atomic mass is 10.2. The molecule has 1 aromatic carbocycles. The first-order valence-electron chi connectivity index (χ1n) is 6.53. The van der Waals surface area contributed by atoms with E-state index in [0.717, 1.165) is 5.56 Å². The van der Waals surface area contributed by atoms with Crippen molar-refractivity contribution in [1.29, 1.82) is 0 Å². The van der Waals surface area contributed by atoms with Gasteiger partial charge in [0.05, 0.1) is 39.2 Å². The highest BCUT2D eigenvalue weighted by Crippen LogP contribution is 2.27. The van der Waals surface area contributed by atoms with Gasteiger partial charge in [0, 0.05) is 12.7 Å². The Bertz CT molecular complexity index is 573. The van der Waals surface area contributed by atoms with Crippen molar-refractivity contribution in [3.05, 3.63) is 18.2 Å². The van der Waals surface area contributed by atoms with Crippen LogP contribution in [0.5, 0.6) is 5.75 Å². The molecule has 2 aromatic rings. The number of benzene rings is 1. The molecule has 1 heterocycles. The Morgan fingerprint density at radius 1 is 1.19 bits per heavy atom. The quantitative estimate of drug-likeness (QED) is 0.562. The van der Waals surface area contributed by atoms with Gasteiger partial charge in [-0.05, 0) is 28.6 Å². The third-order valence-electron chi connectivity index (χ3n) is 2.90. The number of hydrogen-bond acceptors (Lipinski definition) is 7. The molecule has 0 saturated carbocycles. The average molecular weight is 293 g/mol. The highest BCUT2D eigenvalue weighted by atomic mass is 16.5. The predicted molar refractivity (Wildman–Crippen MR) is 76.9 cm³/mol. The minimum absolute atomic E-state index is 0.507. The second kappa shape index (κ2) is 7.55. The molecule has 2 rings (SSSR count). The van der Waals surface area contributed by atoms with Crippen LogP contribution in [0.15, 0.2) is 18.2 Å². The number of nitrogens with zero attached hydrogens (tertiary/aromatic N) is 4. The van der Waals surface area contributed by atoms with Crippen LogP contribution in [-0.2, 0) is 16.0 Å². The molecule has 0 aliphatic carbocycles. The summed E-state index contributed by atoms with van der Waals surface area (Å²) in [7, 11) is 3.21. The standard InChI is InChI=1S/C13H19N5O3/c1-19-7-8-21-6-5-18-13(15-16-17-18)10-3-4-11(14)12(9-10)20-2/h3-4,9H,5-8,14H2,1-2H3. The van der Waals surface area contributed by atoms with Gasteiger partial charge in [-0.25, -0.2) is 4.68 Å². The Balaban J connectivity index is 2.05. The summed E-state index contributed by atoms with van der Waals surface area (Å²) in [4.78, 5) is 0. The van der Waals surface area contributed by atoms with E-state index in [2.05, 4.69) is 15.5 Å². The van der Waals surface area contributed by atoms with Crippen LogP contribution in [-0.4, -0.2) is 54.2 Å². The maximum absolute atomic E-state index is 5.80. The lowest BCUT2D eigenvalue weighted by Crippen LogP contribution is -2.11. The molecular weight excluding hydrogens is 274 g/mol. The van der Waals surface area contributed by atoms with E-state index in [1.807, 2.05) is 12.1 Å². The van der Waals surface area contributed by atoms with Crippen molar-refractivity contribution in [2.24, 2.45) is 0 Å². The lowest BCUT2D eigenvalue weighted by Gasteiger charge is -2.08. The van der Waals surface area contributed by atoms with Crippen molar-refractivity contribution in [2.75, 3.05) is 39.8 Å². The minimum atomic E-state index is 0.507. The Kier molecular flexibility index (Phi) is 5.47. The summed E-state index contributed by atoms with van der Waals surface area (Å²) in [5, 5.41) is 11.7. The fraction of sp³-hybridized carbons (Fsp3) is 0.462. The fourth-order valence-electron chi connectivity index (χ4n) is 1.81. The van der Waals surface area contributed by atoms with E-state index < -0.39 is 0 Å². The van der Waals surface area contributed by atoms with Gasteiger partial charge in [-0.1, -0.05) is 0 Å². The fourth-order valence-corrected chi connectivity index (χ4v) is 1.81. The van der Waals surface area contributed by atoms with Gasteiger partial charge in [-0.3, -0.25) is 0 Å². The number of anilines is 1. The molecule has 0 amide bonds. The largest absolute Gasteiger partial charge is 0.495 e. The highest BCUT2D eigenvalue weighted by Gasteiger charge is 2.11. The van der Waals surface area contributed by atoms with E-state index in [4.69, 9.17) is 19.9 Å². The number of nitrogens with two attached hydrogens (primary N) is 1. The number of hydrogen-bond donors (Lipinski definition) is 1. The first-order valence-corrected chi connectivity index (χ1v) is 6.53. The maximum Gasteiger partial charge on any atom is 0.182 e. The maximum atomic E-state index is 5.80. The van der Waals surface area contributed by atoms with Crippen molar-refractivity contribution in [3.8, 4) is 17.1 Å². The van der Waals surface area contributed by atoms with Crippen molar-refractivity contribution in [3.63, 3.8) is 0 Å². The second-order valence-electron chi connectivity index (χ2n) is 4.29. The normalized spacial score (nSPS) is 10.8. The Labute approximate surface area is 122 Å². The summed E-state index contributed by atoms with van der Waals surface area (Å²) in [5.41, 5.74) is 7.21. The van der Waals surface area contributed by atoms with Crippen molar-refractivity contribution in [2.45, 2.75) is 6.54 Å². The molecule has 114 valence electrons. The van der Waals surface area contributed by atoms with Crippen LogP contribution >= 0.6 is 0 Å². The third-order valence-corrected chi connectivity index (χ3v) is 2.90. The van der Waals surface area contributed by atoms with Gasteiger partial charge in [0.2, 0.25) is 0 Å². The van der Waals surface area contributed by atoms with Gasteiger partial charge < -0.3 is 19.9 Å². The first-order chi connectivity index (χ1) is 10.3. The smallest absolute Gasteiger partial charge is 0.182 e. The molecule has 0 spiro atoms. The van der Waals surface area contributed by atoms with E-state index in [-0.39, 0.29) is 0 Å². The zero-order chi connectivity index (χ0) is 15.1. The van der Waals surface area contributed by atoms with Gasteiger partial charge in [-0.15, -0.1) is 5.10 Å². The van der Waals surface area contributed by atoms with Gasteiger partial charge >= 0.3 is 0 Å². The van der Waals surface area contributed by atoms with Crippen LogP contribution in [0.4, 0.5) is 5.69 Å². The van der Waals surface area contributed by atoms with Gasteiger partial charge in [0.25, 0.3) is 0 Å². The van der Waals surface area contributed by atoms with Crippen molar-refractivity contribution in [1.82, 2.24) is 20.2 Å². The monoisotopic (exact) mass is 293 g/mol. The van der Waals surface area contributed by atoms with E-state index >= 15 is 0 Å². The summed E-state index contributed by atoms with van der Waals surface area (Å²) in [5.74, 6) is 1.24. The molecule has 8 nitrogen and oxygen atoms in total. The van der Waals surface area contributed by atoms with Gasteiger partial charge in [0.1, 0.15) is 5.75 Å². The lowest BCUT2D eigenvalue weighted by molar-refractivity contribution is 0.0654. The number of rotatable bonds is 8. The topological polar surface area (TPSA) is 97.3 Å². The second-order valence-corrected chi connectivity index (χ2v) is 4.29. The molecule has 21 heavy (non-hydrogen) atoms. The van der Waals surface area contributed by atoms with Crippen LogP contribution in [0.3, 0.4) is 0 Å². The molecule has 0 fully saturated rings. The number of tetrazole rings is 1. The van der Waals surface area contributed by atoms with E-state index in [1.165, 1.54) is 0 Å². The average Bonchev–Trinajstić information content (AvgIpc) is 2.96. The van der Waals surface area contributed by atoms with Crippen molar-refractivity contribution >= 4 is 5.69 Å². The molecule has 1 aromatic heterocycles. The van der Waals surface area contributed by atoms with Crippen LogP contribution in [0.25, 0.3) is 11.4 Å². The molecule has 0 aliphatic heterocycles. The molecule has 2 N–H and O–H groups in total. The molecule has 0 aliphatic rings. The Morgan fingerprint density at radius 3 is 2.81 bits per heavy atom. The number of aromatic nitrogens is 4. The van der Waals surface area contributed by atoms with E-state index in [1.54, 1.807) is 25.0 Å². The minimum Gasteiger partial charge on any atom is -0.495 e. The van der Waals surface area contributed by atoms with Crippen LogP contribution in [0.1, 0.15) is 0 Å². The summed E-state index contributed by atoms with van der Waals surface area (Å²) in [6.07, 6.45) is 0. The molecule has 0 saturated heterocycles. The van der Waals surface area contributed by atoms with E-state index in [9.17, 15) is 0 Å². The third kappa shape index (κ3) is 3.89. The zero-order valence-electron chi connectivity index (χ0n) is 12.2. The van der Waals surface area contributed by atoms with Gasteiger partial charge in [0.15, 0.2) is 5.82 Å².